The number of amides is 1. The van der Waals surface area contributed by atoms with Gasteiger partial charge in [0.15, 0.2) is 0 Å². The first-order valence-corrected chi connectivity index (χ1v) is 10.4. The van der Waals surface area contributed by atoms with E-state index in [0.717, 1.165) is 5.56 Å². The third-order valence-corrected chi connectivity index (χ3v) is 5.92. The number of benzene rings is 3. The normalized spacial score (nSPS) is 11.1. The van der Waals surface area contributed by atoms with Crippen molar-refractivity contribution in [3.8, 4) is 0 Å². The van der Waals surface area contributed by atoms with Gasteiger partial charge in [0.25, 0.3) is 15.9 Å². The molecule has 8 heteroatoms. The van der Waals surface area contributed by atoms with Gasteiger partial charge in [-0.15, -0.1) is 0 Å². The zero-order chi connectivity index (χ0) is 20.3. The zero-order valence-corrected chi connectivity index (χ0v) is 17.1. The number of nitrogens with one attached hydrogen (secondary N) is 2. The highest BCUT2D eigenvalue weighted by Gasteiger charge is 2.18. The van der Waals surface area contributed by atoms with Crippen molar-refractivity contribution in [2.45, 2.75) is 11.8 Å². The molecule has 1 amide bonds. The number of hydrogen-bond acceptors (Lipinski definition) is 3. The fraction of sp³-hybridized carbons (Fsp3) is 0.0500. The molecule has 0 saturated carbocycles. The van der Waals surface area contributed by atoms with E-state index in [4.69, 9.17) is 23.2 Å². The van der Waals surface area contributed by atoms with E-state index < -0.39 is 10.0 Å². The molecule has 0 aromatic heterocycles. The van der Waals surface area contributed by atoms with Crippen LogP contribution in [0, 0.1) is 6.92 Å². The molecular weight excluding hydrogens is 419 g/mol. The average molecular weight is 435 g/mol. The van der Waals surface area contributed by atoms with Crippen LogP contribution in [0.25, 0.3) is 0 Å². The van der Waals surface area contributed by atoms with Gasteiger partial charge in [-0.2, -0.15) is 0 Å². The molecule has 3 aromatic carbocycles. The standard InChI is InChI=1S/C20H16Cl2N2O3S/c1-13-7-9-15(10-8-13)28(26,27)24-19-12-18(16(21)11-17(19)22)23-20(25)14-5-3-2-4-6-14/h2-12,24H,1H3,(H,23,25). The number of carbonyl (C=O) groups is 1. The molecule has 28 heavy (non-hydrogen) atoms. The number of carbonyl (C=O) groups excluding carboxylic acids is 1. The summed E-state index contributed by atoms with van der Waals surface area (Å²) in [6.45, 7) is 1.86. The Kier molecular flexibility index (Phi) is 5.93. The molecule has 144 valence electrons. The van der Waals surface area contributed by atoms with E-state index in [9.17, 15) is 13.2 Å². The zero-order valence-electron chi connectivity index (χ0n) is 14.7. The summed E-state index contributed by atoms with van der Waals surface area (Å²) in [7, 11) is -3.85. The molecule has 0 atom stereocenters. The molecule has 0 aliphatic carbocycles. The van der Waals surface area contributed by atoms with Gasteiger partial charge in [-0.25, -0.2) is 8.42 Å². The smallest absolute Gasteiger partial charge is 0.261 e. The maximum Gasteiger partial charge on any atom is 0.261 e. The Morgan fingerprint density at radius 1 is 0.857 bits per heavy atom. The van der Waals surface area contributed by atoms with Gasteiger partial charge >= 0.3 is 0 Å². The molecule has 0 fully saturated rings. The topological polar surface area (TPSA) is 75.3 Å². The summed E-state index contributed by atoms with van der Waals surface area (Å²) in [5.41, 5.74) is 1.72. The summed E-state index contributed by atoms with van der Waals surface area (Å²) >= 11 is 12.3. The van der Waals surface area contributed by atoms with E-state index in [1.54, 1.807) is 42.5 Å². The van der Waals surface area contributed by atoms with E-state index in [2.05, 4.69) is 10.0 Å². The Labute approximate surface area is 173 Å². The monoisotopic (exact) mass is 434 g/mol. The lowest BCUT2D eigenvalue weighted by molar-refractivity contribution is 0.102. The van der Waals surface area contributed by atoms with Crippen LogP contribution < -0.4 is 10.0 Å². The van der Waals surface area contributed by atoms with E-state index in [1.807, 2.05) is 6.92 Å². The minimum absolute atomic E-state index is 0.0963. The van der Waals surface area contributed by atoms with Gasteiger partial charge in [0.2, 0.25) is 0 Å². The van der Waals surface area contributed by atoms with Crippen LogP contribution in [0.4, 0.5) is 11.4 Å². The maximum absolute atomic E-state index is 12.6. The van der Waals surface area contributed by atoms with Crippen LogP contribution in [0.15, 0.2) is 71.6 Å². The predicted molar refractivity (Wildman–Crippen MR) is 113 cm³/mol. The molecule has 0 aliphatic rings. The highest BCUT2D eigenvalue weighted by Crippen LogP contribution is 2.34. The Morgan fingerprint density at radius 3 is 2.11 bits per heavy atom. The Hall–Kier alpha value is -2.54. The number of aryl methyl sites for hydroxylation is 1. The summed E-state index contributed by atoms with van der Waals surface area (Å²) in [5.74, 6) is -0.378. The first kappa shape index (κ1) is 20.2. The van der Waals surface area contributed by atoms with Gasteiger partial charge in [-0.05, 0) is 43.3 Å². The summed E-state index contributed by atoms with van der Waals surface area (Å²) in [4.78, 5) is 12.5. The van der Waals surface area contributed by atoms with Crippen LogP contribution >= 0.6 is 23.2 Å². The molecule has 0 spiro atoms. The third-order valence-electron chi connectivity index (χ3n) is 3.92. The molecule has 0 heterocycles. The molecule has 5 nitrogen and oxygen atoms in total. The largest absolute Gasteiger partial charge is 0.321 e. The SMILES string of the molecule is Cc1ccc(S(=O)(=O)Nc2cc(NC(=O)c3ccccc3)c(Cl)cc2Cl)cc1. The minimum atomic E-state index is -3.85. The van der Waals surface area contributed by atoms with Crippen molar-refractivity contribution in [3.05, 3.63) is 87.9 Å². The molecule has 3 aromatic rings. The van der Waals surface area contributed by atoms with Crippen molar-refractivity contribution in [1.82, 2.24) is 0 Å². The van der Waals surface area contributed by atoms with Crippen LogP contribution in [0.2, 0.25) is 10.0 Å². The Balaban J connectivity index is 1.89. The molecule has 0 unspecified atom stereocenters. The predicted octanol–water partition coefficient (Wildman–Crippen LogP) is 5.35. The van der Waals surface area contributed by atoms with Gasteiger partial charge in [-0.1, -0.05) is 59.1 Å². The van der Waals surface area contributed by atoms with Crippen LogP contribution in [-0.4, -0.2) is 14.3 Å². The Morgan fingerprint density at radius 2 is 1.46 bits per heavy atom. The maximum atomic E-state index is 12.6. The van der Waals surface area contributed by atoms with E-state index in [0.29, 0.717) is 5.56 Å². The second-order valence-electron chi connectivity index (χ2n) is 6.05. The van der Waals surface area contributed by atoms with Gasteiger partial charge in [0.1, 0.15) is 0 Å². The van der Waals surface area contributed by atoms with Crippen molar-refractivity contribution >= 4 is 50.5 Å². The minimum Gasteiger partial charge on any atom is -0.321 e. The summed E-state index contributed by atoms with van der Waals surface area (Å²) in [5, 5.41) is 2.96. The van der Waals surface area contributed by atoms with Gasteiger partial charge in [0, 0.05) is 5.56 Å². The number of sulfonamides is 1. The number of halogens is 2. The van der Waals surface area contributed by atoms with Crippen molar-refractivity contribution < 1.29 is 13.2 Å². The van der Waals surface area contributed by atoms with E-state index in [1.165, 1.54) is 24.3 Å². The Bertz CT molecular complexity index is 1120. The number of rotatable bonds is 5. The van der Waals surface area contributed by atoms with E-state index >= 15 is 0 Å². The van der Waals surface area contributed by atoms with Gasteiger partial charge in [-0.3, -0.25) is 9.52 Å². The quantitative estimate of drug-likeness (QED) is 0.567. The van der Waals surface area contributed by atoms with Crippen LogP contribution in [0.3, 0.4) is 0 Å². The fourth-order valence-electron chi connectivity index (χ4n) is 2.43. The van der Waals surface area contributed by atoms with Crippen LogP contribution in [0.5, 0.6) is 0 Å². The van der Waals surface area contributed by atoms with Gasteiger partial charge in [0.05, 0.1) is 26.3 Å². The summed E-state index contributed by atoms with van der Waals surface area (Å²) < 4.78 is 27.7. The lowest BCUT2D eigenvalue weighted by Gasteiger charge is -2.14. The number of hydrogen-bond donors (Lipinski definition) is 2. The highest BCUT2D eigenvalue weighted by molar-refractivity contribution is 7.92. The lowest BCUT2D eigenvalue weighted by Crippen LogP contribution is -2.15. The molecule has 0 bridgehead atoms. The second kappa shape index (κ2) is 8.22. The van der Waals surface area contributed by atoms with Crippen molar-refractivity contribution in [2.75, 3.05) is 10.0 Å². The first-order chi connectivity index (χ1) is 13.3. The first-order valence-electron chi connectivity index (χ1n) is 8.21. The van der Waals surface area contributed by atoms with E-state index in [-0.39, 0.29) is 32.2 Å². The lowest BCUT2D eigenvalue weighted by atomic mass is 10.2. The molecular formula is C20H16Cl2N2O3S. The number of anilines is 2. The van der Waals surface area contributed by atoms with Crippen molar-refractivity contribution in [3.63, 3.8) is 0 Å². The van der Waals surface area contributed by atoms with Crippen LogP contribution in [0.1, 0.15) is 15.9 Å². The van der Waals surface area contributed by atoms with Crippen molar-refractivity contribution in [1.29, 1.82) is 0 Å². The summed E-state index contributed by atoms with van der Waals surface area (Å²) in [6.07, 6.45) is 0. The molecule has 0 aliphatic heterocycles. The third kappa shape index (κ3) is 4.65. The fourth-order valence-corrected chi connectivity index (χ4v) is 4.03. The highest BCUT2D eigenvalue weighted by atomic mass is 35.5. The van der Waals surface area contributed by atoms with Crippen molar-refractivity contribution in [2.24, 2.45) is 0 Å². The molecule has 0 saturated heterocycles. The molecule has 0 radical (unpaired) electrons. The average Bonchev–Trinajstić information content (AvgIpc) is 2.66. The molecule has 2 N–H and O–H groups in total. The van der Waals surface area contributed by atoms with Crippen LogP contribution in [-0.2, 0) is 10.0 Å². The second-order valence-corrected chi connectivity index (χ2v) is 8.55. The summed E-state index contributed by atoms with van der Waals surface area (Å²) in [6, 6.07) is 17.7. The molecule has 3 rings (SSSR count). The van der Waals surface area contributed by atoms with Gasteiger partial charge < -0.3 is 5.32 Å².